The van der Waals surface area contributed by atoms with Crippen LogP contribution in [-0.2, 0) is 34.3 Å². The number of hydrogen-bond donors (Lipinski definition) is 0. The maximum absolute atomic E-state index is 13.8. The van der Waals surface area contributed by atoms with Gasteiger partial charge in [-0.3, -0.25) is 9.78 Å². The van der Waals surface area contributed by atoms with Crippen LogP contribution in [0.4, 0.5) is 0 Å². The molecule has 214 valence electrons. The normalized spacial score (nSPS) is 18.0. The molecule has 1 aromatic carbocycles. The van der Waals surface area contributed by atoms with Crippen LogP contribution in [0, 0.1) is 13.8 Å². The highest BCUT2D eigenvalue weighted by atomic mass is 32.2. The van der Waals surface area contributed by atoms with Gasteiger partial charge in [0, 0.05) is 62.3 Å². The Morgan fingerprint density at radius 3 is 2.50 bits per heavy atom. The molecular formula is C31H40N4O4S. The van der Waals surface area contributed by atoms with E-state index in [0.717, 1.165) is 32.2 Å². The standard InChI is InChI=1S/C31H40N4O4S/c1-23-19-29(39-3)20-24(2)31(23)40(37,38)35-16-5-4-7-26(35)8-6-9-30(36)33-17-18-34-27(10-11-28(34)22-33)21-25-12-14-32-15-13-25/h10-15,19-20,26H,4-9,16-18,21-22H2,1-3H3. The molecule has 8 nitrogen and oxygen atoms in total. The SMILES string of the molecule is COc1cc(C)c(S(=O)(=O)N2CCCCC2CCCC(=O)N2CCn3c(Cc4ccncc4)ccc3C2)c(C)c1. The van der Waals surface area contributed by atoms with E-state index in [9.17, 15) is 13.2 Å². The number of sulfonamides is 1. The van der Waals surface area contributed by atoms with E-state index in [0.29, 0.717) is 60.7 Å². The van der Waals surface area contributed by atoms with Crippen LogP contribution in [0.2, 0.25) is 0 Å². The zero-order chi connectivity index (χ0) is 28.3. The lowest BCUT2D eigenvalue weighted by atomic mass is 9.99. The summed E-state index contributed by atoms with van der Waals surface area (Å²) in [6.45, 7) is 6.30. The number of rotatable bonds is 9. The maximum Gasteiger partial charge on any atom is 0.243 e. The monoisotopic (exact) mass is 564 g/mol. The van der Waals surface area contributed by atoms with Gasteiger partial charge in [0.2, 0.25) is 15.9 Å². The fourth-order valence-corrected chi connectivity index (χ4v) is 8.47. The van der Waals surface area contributed by atoms with Crippen LogP contribution in [0.1, 0.15) is 66.6 Å². The fourth-order valence-electron chi connectivity index (χ4n) is 6.33. The van der Waals surface area contributed by atoms with Crippen molar-refractivity contribution < 1.29 is 17.9 Å². The van der Waals surface area contributed by atoms with E-state index in [1.165, 1.54) is 17.0 Å². The van der Waals surface area contributed by atoms with Crippen molar-refractivity contribution >= 4 is 15.9 Å². The van der Waals surface area contributed by atoms with Gasteiger partial charge in [0.1, 0.15) is 5.75 Å². The van der Waals surface area contributed by atoms with Crippen LogP contribution in [-0.4, -0.2) is 59.3 Å². The predicted octanol–water partition coefficient (Wildman–Crippen LogP) is 4.86. The van der Waals surface area contributed by atoms with Gasteiger partial charge < -0.3 is 14.2 Å². The smallest absolute Gasteiger partial charge is 0.243 e. The lowest BCUT2D eigenvalue weighted by Crippen LogP contribution is -2.44. The molecule has 1 unspecified atom stereocenters. The van der Waals surface area contributed by atoms with E-state index in [1.807, 2.05) is 43.3 Å². The minimum absolute atomic E-state index is 0.0817. The molecule has 2 aromatic heterocycles. The Morgan fingerprint density at radius 1 is 1.02 bits per heavy atom. The molecule has 0 spiro atoms. The van der Waals surface area contributed by atoms with Crippen LogP contribution in [0.15, 0.2) is 53.7 Å². The molecule has 3 aromatic rings. The third kappa shape index (κ3) is 5.95. The quantitative estimate of drug-likeness (QED) is 0.371. The van der Waals surface area contributed by atoms with Gasteiger partial charge in [-0.1, -0.05) is 6.42 Å². The van der Waals surface area contributed by atoms with Gasteiger partial charge in [-0.25, -0.2) is 8.42 Å². The summed E-state index contributed by atoms with van der Waals surface area (Å²) in [7, 11) is -2.06. The average Bonchev–Trinajstić information content (AvgIpc) is 3.35. The number of nitrogens with zero attached hydrogens (tertiary/aromatic N) is 4. The summed E-state index contributed by atoms with van der Waals surface area (Å²) in [6.07, 6.45) is 9.01. The average molecular weight is 565 g/mol. The molecule has 1 saturated heterocycles. The van der Waals surface area contributed by atoms with Crippen molar-refractivity contribution in [2.75, 3.05) is 20.2 Å². The highest BCUT2D eigenvalue weighted by Gasteiger charge is 2.35. The summed E-state index contributed by atoms with van der Waals surface area (Å²) in [5.41, 5.74) is 5.06. The Morgan fingerprint density at radius 2 is 1.77 bits per heavy atom. The maximum atomic E-state index is 13.8. The van der Waals surface area contributed by atoms with E-state index in [2.05, 4.69) is 21.7 Å². The van der Waals surface area contributed by atoms with Gasteiger partial charge in [0.25, 0.3) is 0 Å². The molecule has 0 saturated carbocycles. The number of piperidine rings is 1. The molecule has 1 amide bonds. The molecule has 4 heterocycles. The number of carbonyl (C=O) groups excluding carboxylic acids is 1. The van der Waals surface area contributed by atoms with Gasteiger partial charge in [0.15, 0.2) is 0 Å². The number of aryl methyl sites for hydroxylation is 2. The second-order valence-electron chi connectivity index (χ2n) is 11.1. The molecule has 9 heteroatoms. The van der Waals surface area contributed by atoms with E-state index in [-0.39, 0.29) is 11.9 Å². The van der Waals surface area contributed by atoms with Crippen molar-refractivity contribution in [2.45, 2.75) is 82.8 Å². The van der Waals surface area contributed by atoms with Crippen LogP contribution in [0.25, 0.3) is 0 Å². The van der Waals surface area contributed by atoms with E-state index in [1.54, 1.807) is 23.5 Å². The Hall–Kier alpha value is -3.17. The van der Waals surface area contributed by atoms with Crippen LogP contribution in [0.3, 0.4) is 0 Å². The van der Waals surface area contributed by atoms with Crippen molar-refractivity contribution in [1.29, 1.82) is 0 Å². The molecule has 2 aliphatic rings. The lowest BCUT2D eigenvalue weighted by molar-refractivity contribution is -0.132. The predicted molar refractivity (Wildman–Crippen MR) is 155 cm³/mol. The third-order valence-corrected chi connectivity index (χ3v) is 10.6. The molecule has 2 aliphatic heterocycles. The summed E-state index contributed by atoms with van der Waals surface area (Å²) >= 11 is 0. The molecule has 40 heavy (non-hydrogen) atoms. The molecule has 1 fully saturated rings. The second kappa shape index (κ2) is 12.1. The minimum Gasteiger partial charge on any atom is -0.497 e. The molecule has 0 N–H and O–H groups in total. The van der Waals surface area contributed by atoms with Gasteiger partial charge in [0.05, 0.1) is 18.6 Å². The fraction of sp³-hybridized carbons (Fsp3) is 0.484. The van der Waals surface area contributed by atoms with Crippen molar-refractivity contribution in [1.82, 2.24) is 18.8 Å². The number of hydrogen-bond acceptors (Lipinski definition) is 5. The molecule has 1 atom stereocenters. The van der Waals surface area contributed by atoms with Crippen LogP contribution < -0.4 is 4.74 Å². The first kappa shape index (κ1) is 28.4. The van der Waals surface area contributed by atoms with Gasteiger partial charge in [-0.15, -0.1) is 0 Å². The molecule has 0 aliphatic carbocycles. The van der Waals surface area contributed by atoms with E-state index in [4.69, 9.17) is 4.74 Å². The first-order chi connectivity index (χ1) is 19.3. The highest BCUT2D eigenvalue weighted by molar-refractivity contribution is 7.89. The van der Waals surface area contributed by atoms with Gasteiger partial charge >= 0.3 is 0 Å². The molecular weight excluding hydrogens is 524 g/mol. The zero-order valence-electron chi connectivity index (χ0n) is 23.8. The number of ether oxygens (including phenoxy) is 1. The Bertz CT molecular complexity index is 1430. The summed E-state index contributed by atoms with van der Waals surface area (Å²) < 4.78 is 37.0. The Kier molecular flexibility index (Phi) is 8.61. The topological polar surface area (TPSA) is 84.7 Å². The zero-order valence-corrected chi connectivity index (χ0v) is 24.6. The molecule has 5 rings (SSSR count). The van der Waals surface area contributed by atoms with Crippen LogP contribution >= 0.6 is 0 Å². The van der Waals surface area contributed by atoms with Crippen molar-refractivity contribution in [3.8, 4) is 5.75 Å². The number of methoxy groups -OCH3 is 1. The third-order valence-electron chi connectivity index (χ3n) is 8.33. The van der Waals surface area contributed by atoms with Crippen molar-refractivity contribution in [3.05, 3.63) is 76.9 Å². The Labute approximate surface area is 238 Å². The number of pyridine rings is 1. The summed E-state index contributed by atoms with van der Waals surface area (Å²) in [6, 6.07) is 11.9. The number of amides is 1. The first-order valence-electron chi connectivity index (χ1n) is 14.3. The first-order valence-corrected chi connectivity index (χ1v) is 15.7. The largest absolute Gasteiger partial charge is 0.497 e. The van der Waals surface area contributed by atoms with Crippen LogP contribution in [0.5, 0.6) is 5.75 Å². The Balaban J connectivity index is 1.19. The van der Waals surface area contributed by atoms with Gasteiger partial charge in [-0.2, -0.15) is 4.31 Å². The highest BCUT2D eigenvalue weighted by Crippen LogP contribution is 2.33. The molecule has 0 bridgehead atoms. The summed E-state index contributed by atoms with van der Waals surface area (Å²) in [5.74, 6) is 0.813. The molecule has 0 radical (unpaired) electrons. The summed E-state index contributed by atoms with van der Waals surface area (Å²) in [5, 5.41) is 0. The van der Waals surface area contributed by atoms with Crippen molar-refractivity contribution in [3.63, 3.8) is 0 Å². The lowest BCUT2D eigenvalue weighted by Gasteiger charge is -2.36. The van der Waals surface area contributed by atoms with Gasteiger partial charge in [-0.05, 0) is 92.6 Å². The number of fused-ring (bicyclic) bond motifs is 1. The van der Waals surface area contributed by atoms with E-state index >= 15 is 0 Å². The number of benzene rings is 1. The van der Waals surface area contributed by atoms with Crippen molar-refractivity contribution in [2.24, 2.45) is 0 Å². The second-order valence-corrected chi connectivity index (χ2v) is 12.9. The van der Waals surface area contributed by atoms with E-state index < -0.39 is 10.0 Å². The number of carbonyl (C=O) groups is 1. The minimum atomic E-state index is -3.65. The summed E-state index contributed by atoms with van der Waals surface area (Å²) in [4.78, 5) is 19.6. The number of aromatic nitrogens is 2.